The quantitative estimate of drug-likeness (QED) is 0.702. The lowest BCUT2D eigenvalue weighted by atomic mass is 9.94. The van der Waals surface area contributed by atoms with Gasteiger partial charge < -0.3 is 5.32 Å². The van der Waals surface area contributed by atoms with Crippen molar-refractivity contribution in [2.24, 2.45) is 5.92 Å². The number of halogens is 1. The van der Waals surface area contributed by atoms with E-state index in [2.05, 4.69) is 55.3 Å². The molecule has 1 aliphatic rings. The summed E-state index contributed by atoms with van der Waals surface area (Å²) in [4.78, 5) is 15.3. The van der Waals surface area contributed by atoms with Gasteiger partial charge in [-0.25, -0.2) is 0 Å². The molecule has 1 N–H and O–H groups in total. The van der Waals surface area contributed by atoms with Gasteiger partial charge >= 0.3 is 0 Å². The van der Waals surface area contributed by atoms with Crippen molar-refractivity contribution in [2.75, 3.05) is 13.1 Å². The number of benzene rings is 2. The minimum absolute atomic E-state index is 0.0938. The molecule has 28 heavy (non-hydrogen) atoms. The maximum Gasteiger partial charge on any atom is 0.223 e. The van der Waals surface area contributed by atoms with Crippen molar-refractivity contribution in [1.29, 1.82) is 0 Å². The minimum atomic E-state index is 0.0938. The summed E-state index contributed by atoms with van der Waals surface area (Å²) in [6, 6.07) is 14.6. The molecule has 0 aromatic heterocycles. The van der Waals surface area contributed by atoms with Crippen LogP contribution in [-0.2, 0) is 11.3 Å². The predicted molar refractivity (Wildman–Crippen MR) is 117 cm³/mol. The summed E-state index contributed by atoms with van der Waals surface area (Å²) in [7, 11) is 0. The van der Waals surface area contributed by atoms with Crippen LogP contribution in [0.1, 0.15) is 54.5 Å². The molecule has 1 atom stereocenters. The minimum Gasteiger partial charge on any atom is -0.349 e. The van der Waals surface area contributed by atoms with E-state index in [9.17, 15) is 4.79 Å². The van der Waals surface area contributed by atoms with Crippen molar-refractivity contribution < 1.29 is 4.79 Å². The average molecular weight is 399 g/mol. The molecular weight excluding hydrogens is 368 g/mol. The molecular formula is C24H31ClN2O. The van der Waals surface area contributed by atoms with Crippen molar-refractivity contribution in [3.8, 4) is 0 Å². The van der Waals surface area contributed by atoms with Crippen LogP contribution in [0.4, 0.5) is 0 Å². The molecule has 0 saturated carbocycles. The molecule has 4 heteroatoms. The fraction of sp³-hybridized carbons (Fsp3) is 0.458. The van der Waals surface area contributed by atoms with Crippen LogP contribution in [-0.4, -0.2) is 23.9 Å². The van der Waals surface area contributed by atoms with E-state index in [4.69, 9.17) is 11.6 Å². The zero-order valence-corrected chi connectivity index (χ0v) is 17.9. The van der Waals surface area contributed by atoms with Crippen LogP contribution in [0.3, 0.4) is 0 Å². The number of hydrogen-bond acceptors (Lipinski definition) is 2. The molecule has 1 aliphatic heterocycles. The number of likely N-dealkylation sites (tertiary alicyclic amines) is 1. The van der Waals surface area contributed by atoms with Crippen molar-refractivity contribution >= 4 is 17.5 Å². The first-order chi connectivity index (χ1) is 13.5. The Kier molecular flexibility index (Phi) is 7.14. The van der Waals surface area contributed by atoms with E-state index in [1.165, 1.54) is 22.3 Å². The Morgan fingerprint density at radius 2 is 1.89 bits per heavy atom. The van der Waals surface area contributed by atoms with E-state index in [1.54, 1.807) is 0 Å². The van der Waals surface area contributed by atoms with Gasteiger partial charge in [-0.05, 0) is 80.6 Å². The van der Waals surface area contributed by atoms with Crippen LogP contribution in [0.2, 0.25) is 5.02 Å². The highest BCUT2D eigenvalue weighted by atomic mass is 35.5. The van der Waals surface area contributed by atoms with Gasteiger partial charge in [-0.1, -0.05) is 48.9 Å². The summed E-state index contributed by atoms with van der Waals surface area (Å²) in [5.41, 5.74) is 5.00. The fourth-order valence-corrected chi connectivity index (χ4v) is 4.15. The molecule has 0 aliphatic carbocycles. The van der Waals surface area contributed by atoms with Crippen LogP contribution in [0.25, 0.3) is 0 Å². The average Bonchev–Trinajstić information content (AvgIpc) is 2.69. The highest BCUT2D eigenvalue weighted by Gasteiger charge is 2.26. The third-order valence-electron chi connectivity index (χ3n) is 5.91. The SMILES string of the molecule is CC[C@@H](NC(=O)C1CCN(Cc2cccc(Cl)c2)CC1)c1ccc(C)c(C)c1. The van der Waals surface area contributed by atoms with E-state index in [-0.39, 0.29) is 17.9 Å². The first-order valence-corrected chi connectivity index (χ1v) is 10.7. The van der Waals surface area contributed by atoms with E-state index >= 15 is 0 Å². The molecule has 0 bridgehead atoms. The van der Waals surface area contributed by atoms with Gasteiger partial charge in [0.2, 0.25) is 5.91 Å². The van der Waals surface area contributed by atoms with Crippen molar-refractivity contribution in [2.45, 2.75) is 52.6 Å². The van der Waals surface area contributed by atoms with Gasteiger partial charge in [0, 0.05) is 17.5 Å². The summed E-state index contributed by atoms with van der Waals surface area (Å²) < 4.78 is 0. The number of nitrogens with zero attached hydrogens (tertiary/aromatic N) is 1. The second kappa shape index (κ2) is 9.58. The molecule has 1 amide bonds. The Hall–Kier alpha value is -1.84. The Balaban J connectivity index is 1.53. The molecule has 0 radical (unpaired) electrons. The predicted octanol–water partition coefficient (Wildman–Crippen LogP) is 5.44. The molecule has 1 heterocycles. The lowest BCUT2D eigenvalue weighted by Crippen LogP contribution is -2.41. The number of piperidine rings is 1. The number of amides is 1. The van der Waals surface area contributed by atoms with Gasteiger partial charge in [0.1, 0.15) is 0 Å². The normalized spacial score (nSPS) is 16.7. The van der Waals surface area contributed by atoms with Crippen LogP contribution < -0.4 is 5.32 Å². The van der Waals surface area contributed by atoms with Crippen molar-refractivity contribution in [3.05, 3.63) is 69.7 Å². The topological polar surface area (TPSA) is 32.3 Å². The summed E-state index contributed by atoms with van der Waals surface area (Å²) in [6.45, 7) is 9.18. The molecule has 2 aromatic rings. The molecule has 0 unspecified atom stereocenters. The Bertz CT molecular complexity index is 812. The Morgan fingerprint density at radius 3 is 2.54 bits per heavy atom. The van der Waals surface area contributed by atoms with Crippen LogP contribution in [0, 0.1) is 19.8 Å². The van der Waals surface area contributed by atoms with E-state index in [0.29, 0.717) is 0 Å². The third-order valence-corrected chi connectivity index (χ3v) is 6.15. The molecule has 2 aromatic carbocycles. The van der Waals surface area contributed by atoms with E-state index in [1.807, 2.05) is 18.2 Å². The van der Waals surface area contributed by atoms with Crippen LogP contribution >= 0.6 is 11.6 Å². The van der Waals surface area contributed by atoms with E-state index in [0.717, 1.165) is 43.9 Å². The molecule has 150 valence electrons. The van der Waals surface area contributed by atoms with Crippen LogP contribution in [0.5, 0.6) is 0 Å². The van der Waals surface area contributed by atoms with Crippen molar-refractivity contribution in [1.82, 2.24) is 10.2 Å². The largest absolute Gasteiger partial charge is 0.349 e. The second-order valence-corrected chi connectivity index (χ2v) is 8.43. The highest BCUT2D eigenvalue weighted by Crippen LogP contribution is 2.24. The van der Waals surface area contributed by atoms with Gasteiger partial charge in [0.05, 0.1) is 6.04 Å². The maximum atomic E-state index is 12.9. The standard InChI is InChI=1S/C24H31ClN2O/c1-4-23(21-9-8-17(2)18(3)14-21)26-24(28)20-10-12-27(13-11-20)16-19-6-5-7-22(25)15-19/h5-9,14-15,20,23H,4,10-13,16H2,1-3H3,(H,26,28)/t23-/m1/s1. The molecule has 0 spiro atoms. The second-order valence-electron chi connectivity index (χ2n) is 7.99. The number of aryl methyl sites for hydroxylation is 2. The first kappa shape index (κ1) is 20.9. The monoisotopic (exact) mass is 398 g/mol. The summed E-state index contributed by atoms with van der Waals surface area (Å²) >= 11 is 6.09. The van der Waals surface area contributed by atoms with Gasteiger partial charge in [-0.3, -0.25) is 9.69 Å². The lowest BCUT2D eigenvalue weighted by molar-refractivity contribution is -0.127. The van der Waals surface area contributed by atoms with Gasteiger partial charge in [-0.15, -0.1) is 0 Å². The van der Waals surface area contributed by atoms with E-state index < -0.39 is 0 Å². The zero-order chi connectivity index (χ0) is 20.1. The first-order valence-electron chi connectivity index (χ1n) is 10.3. The van der Waals surface area contributed by atoms with Gasteiger partial charge in [0.25, 0.3) is 0 Å². The number of rotatable bonds is 6. The van der Waals surface area contributed by atoms with Crippen LogP contribution in [0.15, 0.2) is 42.5 Å². The lowest BCUT2D eigenvalue weighted by Gasteiger charge is -2.32. The van der Waals surface area contributed by atoms with Gasteiger partial charge in [-0.2, -0.15) is 0 Å². The number of hydrogen-bond donors (Lipinski definition) is 1. The highest BCUT2D eigenvalue weighted by molar-refractivity contribution is 6.30. The zero-order valence-electron chi connectivity index (χ0n) is 17.2. The summed E-state index contributed by atoms with van der Waals surface area (Å²) in [5, 5.41) is 4.08. The third kappa shape index (κ3) is 5.36. The molecule has 3 nitrogen and oxygen atoms in total. The smallest absolute Gasteiger partial charge is 0.223 e. The maximum absolute atomic E-state index is 12.9. The summed E-state index contributed by atoms with van der Waals surface area (Å²) in [5.74, 6) is 0.309. The number of carbonyl (C=O) groups is 1. The summed E-state index contributed by atoms with van der Waals surface area (Å²) in [6.07, 6.45) is 2.73. The number of carbonyl (C=O) groups excluding carboxylic acids is 1. The Morgan fingerprint density at radius 1 is 1.14 bits per heavy atom. The molecule has 1 fully saturated rings. The fourth-order valence-electron chi connectivity index (χ4n) is 3.94. The Labute approximate surface area is 174 Å². The van der Waals surface area contributed by atoms with Gasteiger partial charge in [0.15, 0.2) is 0 Å². The molecule has 3 rings (SSSR count). The van der Waals surface area contributed by atoms with Crippen molar-refractivity contribution in [3.63, 3.8) is 0 Å². The molecule has 1 saturated heterocycles. The number of nitrogens with one attached hydrogen (secondary N) is 1.